The predicted molar refractivity (Wildman–Crippen MR) is 102 cm³/mol. The Morgan fingerprint density at radius 1 is 1.08 bits per heavy atom. The van der Waals surface area contributed by atoms with Gasteiger partial charge in [0.2, 0.25) is 5.82 Å². The zero-order chi connectivity index (χ0) is 17.8. The maximum Gasteiger partial charge on any atom is 0.204 e. The Labute approximate surface area is 152 Å². The molecule has 1 aromatic carbocycles. The van der Waals surface area contributed by atoms with Crippen LogP contribution in [0.1, 0.15) is 32.1 Å². The first-order valence-electron chi connectivity index (χ1n) is 9.10. The molecule has 3 aromatic rings. The minimum atomic E-state index is 0.503. The number of hydrogen-bond acceptors (Lipinski definition) is 6. The highest BCUT2D eigenvalue weighted by molar-refractivity contribution is 5.79. The van der Waals surface area contributed by atoms with E-state index in [1.165, 1.54) is 36.9 Å². The summed E-state index contributed by atoms with van der Waals surface area (Å²) in [5, 5.41) is 19.6. The fraction of sp³-hybridized carbons (Fsp3) is 0.368. The SMILES string of the molecule is Cn1nnc(-c2ccc(Nc3cccnc3)c(NC3CCCCC3)c2)n1. The van der Waals surface area contributed by atoms with E-state index in [2.05, 4.69) is 43.2 Å². The number of aryl methyl sites for hydroxylation is 1. The van der Waals surface area contributed by atoms with Crippen molar-refractivity contribution >= 4 is 17.1 Å². The molecule has 0 radical (unpaired) electrons. The molecule has 0 aliphatic heterocycles. The van der Waals surface area contributed by atoms with Gasteiger partial charge in [0.25, 0.3) is 0 Å². The van der Waals surface area contributed by atoms with Crippen molar-refractivity contribution in [2.24, 2.45) is 7.05 Å². The summed E-state index contributed by atoms with van der Waals surface area (Å²) in [5.41, 5.74) is 4.00. The van der Waals surface area contributed by atoms with E-state index in [9.17, 15) is 0 Å². The first kappa shape index (κ1) is 16.5. The number of nitrogens with zero attached hydrogens (tertiary/aromatic N) is 5. The summed E-state index contributed by atoms with van der Waals surface area (Å²) in [7, 11) is 1.77. The summed E-state index contributed by atoms with van der Waals surface area (Å²) >= 11 is 0. The van der Waals surface area contributed by atoms with Crippen LogP contribution in [0.2, 0.25) is 0 Å². The third-order valence-corrected chi connectivity index (χ3v) is 4.69. The molecule has 26 heavy (non-hydrogen) atoms. The van der Waals surface area contributed by atoms with Crippen molar-refractivity contribution in [3.8, 4) is 11.4 Å². The quantitative estimate of drug-likeness (QED) is 0.730. The van der Waals surface area contributed by atoms with Gasteiger partial charge in [0.05, 0.1) is 30.3 Å². The van der Waals surface area contributed by atoms with E-state index in [4.69, 9.17) is 0 Å². The van der Waals surface area contributed by atoms with Crippen LogP contribution < -0.4 is 10.6 Å². The summed E-state index contributed by atoms with van der Waals surface area (Å²) in [6.45, 7) is 0. The van der Waals surface area contributed by atoms with Crippen LogP contribution in [0.15, 0.2) is 42.7 Å². The van der Waals surface area contributed by atoms with Crippen molar-refractivity contribution in [1.82, 2.24) is 25.2 Å². The molecule has 1 fully saturated rings. The van der Waals surface area contributed by atoms with Crippen LogP contribution in [0.25, 0.3) is 11.4 Å². The Balaban J connectivity index is 1.64. The molecular formula is C19H23N7. The van der Waals surface area contributed by atoms with Crippen LogP contribution in [0.5, 0.6) is 0 Å². The topological polar surface area (TPSA) is 80.5 Å². The smallest absolute Gasteiger partial charge is 0.204 e. The van der Waals surface area contributed by atoms with Crippen LogP contribution in [-0.2, 0) is 7.05 Å². The minimum Gasteiger partial charge on any atom is -0.381 e. The molecule has 2 N–H and O–H groups in total. The van der Waals surface area contributed by atoms with Crippen molar-refractivity contribution in [2.75, 3.05) is 10.6 Å². The van der Waals surface area contributed by atoms with Crippen LogP contribution in [0.3, 0.4) is 0 Å². The molecule has 7 heteroatoms. The van der Waals surface area contributed by atoms with Gasteiger partial charge < -0.3 is 10.6 Å². The lowest BCUT2D eigenvalue weighted by atomic mass is 9.95. The number of rotatable bonds is 5. The standard InChI is InChI=1S/C19H23N7/c1-26-24-19(23-25-26)14-9-10-17(22-16-8-5-11-20-13-16)18(12-14)21-15-6-3-2-4-7-15/h5,8-13,15,21-22H,2-4,6-7H2,1H3. The second-order valence-corrected chi connectivity index (χ2v) is 6.71. The number of aromatic nitrogens is 5. The van der Waals surface area contributed by atoms with E-state index in [1.54, 1.807) is 13.2 Å². The van der Waals surface area contributed by atoms with E-state index in [0.29, 0.717) is 11.9 Å². The second-order valence-electron chi connectivity index (χ2n) is 6.71. The van der Waals surface area contributed by atoms with Gasteiger partial charge in [-0.15, -0.1) is 10.2 Å². The third-order valence-electron chi connectivity index (χ3n) is 4.69. The molecule has 0 bridgehead atoms. The van der Waals surface area contributed by atoms with E-state index >= 15 is 0 Å². The summed E-state index contributed by atoms with van der Waals surface area (Å²) < 4.78 is 0. The Morgan fingerprint density at radius 2 is 1.96 bits per heavy atom. The van der Waals surface area contributed by atoms with Gasteiger partial charge in [-0.3, -0.25) is 4.98 Å². The monoisotopic (exact) mass is 349 g/mol. The van der Waals surface area contributed by atoms with Gasteiger partial charge in [0, 0.05) is 17.8 Å². The van der Waals surface area contributed by atoms with E-state index < -0.39 is 0 Å². The largest absolute Gasteiger partial charge is 0.381 e. The Kier molecular flexibility index (Phi) is 4.77. The first-order valence-corrected chi connectivity index (χ1v) is 9.10. The minimum absolute atomic E-state index is 0.503. The second kappa shape index (κ2) is 7.51. The normalized spacial score (nSPS) is 15.0. The molecular weight excluding hydrogens is 326 g/mol. The summed E-state index contributed by atoms with van der Waals surface area (Å²) in [4.78, 5) is 5.66. The zero-order valence-corrected chi connectivity index (χ0v) is 14.9. The number of nitrogens with one attached hydrogen (secondary N) is 2. The van der Waals surface area contributed by atoms with Gasteiger partial charge in [-0.1, -0.05) is 19.3 Å². The van der Waals surface area contributed by atoms with Gasteiger partial charge >= 0.3 is 0 Å². The fourth-order valence-electron chi connectivity index (χ4n) is 3.37. The van der Waals surface area contributed by atoms with Crippen LogP contribution in [-0.4, -0.2) is 31.2 Å². The van der Waals surface area contributed by atoms with Gasteiger partial charge in [-0.05, 0) is 48.4 Å². The highest BCUT2D eigenvalue weighted by Gasteiger charge is 2.16. The van der Waals surface area contributed by atoms with Crippen molar-refractivity contribution in [3.63, 3.8) is 0 Å². The van der Waals surface area contributed by atoms with E-state index in [-0.39, 0.29) is 0 Å². The lowest BCUT2D eigenvalue weighted by Gasteiger charge is -2.25. The van der Waals surface area contributed by atoms with Gasteiger partial charge in [0.15, 0.2) is 0 Å². The Bertz CT molecular complexity index is 853. The molecule has 0 amide bonds. The van der Waals surface area contributed by atoms with E-state index in [1.807, 2.05) is 24.4 Å². The summed E-state index contributed by atoms with van der Waals surface area (Å²) in [5.74, 6) is 0.632. The average molecular weight is 349 g/mol. The zero-order valence-electron chi connectivity index (χ0n) is 14.9. The van der Waals surface area contributed by atoms with Crippen LogP contribution in [0, 0.1) is 0 Å². The number of pyridine rings is 1. The highest BCUT2D eigenvalue weighted by Crippen LogP contribution is 2.32. The molecule has 0 spiro atoms. The maximum absolute atomic E-state index is 4.32. The lowest BCUT2D eigenvalue weighted by Crippen LogP contribution is -2.22. The van der Waals surface area contributed by atoms with Crippen molar-refractivity contribution in [1.29, 1.82) is 0 Å². The lowest BCUT2D eigenvalue weighted by molar-refractivity contribution is 0.463. The Hall–Kier alpha value is -2.96. The predicted octanol–water partition coefficient (Wildman–Crippen LogP) is 3.76. The van der Waals surface area contributed by atoms with Gasteiger partial charge in [0.1, 0.15) is 0 Å². The molecule has 4 rings (SSSR count). The molecule has 2 heterocycles. The number of benzene rings is 1. The Morgan fingerprint density at radius 3 is 2.69 bits per heavy atom. The number of anilines is 3. The van der Waals surface area contributed by atoms with Gasteiger partial charge in [-0.2, -0.15) is 4.80 Å². The fourth-order valence-corrected chi connectivity index (χ4v) is 3.37. The molecule has 1 aliphatic rings. The van der Waals surface area contributed by atoms with Crippen LogP contribution >= 0.6 is 0 Å². The number of hydrogen-bond donors (Lipinski definition) is 2. The molecule has 134 valence electrons. The van der Waals surface area contributed by atoms with Gasteiger partial charge in [-0.25, -0.2) is 0 Å². The molecule has 0 atom stereocenters. The number of tetrazole rings is 1. The third kappa shape index (κ3) is 3.82. The molecule has 0 saturated heterocycles. The molecule has 1 aliphatic carbocycles. The van der Waals surface area contributed by atoms with Crippen LogP contribution in [0.4, 0.5) is 17.1 Å². The van der Waals surface area contributed by atoms with Crippen molar-refractivity contribution < 1.29 is 0 Å². The van der Waals surface area contributed by atoms with Crippen molar-refractivity contribution in [2.45, 2.75) is 38.1 Å². The van der Waals surface area contributed by atoms with E-state index in [0.717, 1.165) is 22.6 Å². The molecule has 0 unspecified atom stereocenters. The van der Waals surface area contributed by atoms with Crippen molar-refractivity contribution in [3.05, 3.63) is 42.7 Å². The summed E-state index contributed by atoms with van der Waals surface area (Å²) in [6.07, 6.45) is 9.92. The molecule has 2 aromatic heterocycles. The first-order chi connectivity index (χ1) is 12.8. The maximum atomic E-state index is 4.32. The molecule has 1 saturated carbocycles. The summed E-state index contributed by atoms with van der Waals surface area (Å²) in [6, 6.07) is 10.6. The molecule has 7 nitrogen and oxygen atoms in total. The highest BCUT2D eigenvalue weighted by atomic mass is 15.6. The average Bonchev–Trinajstić information content (AvgIpc) is 3.11.